The fourth-order valence-electron chi connectivity index (χ4n) is 2.22. The third-order valence-corrected chi connectivity index (χ3v) is 3.20. The van der Waals surface area contributed by atoms with Gasteiger partial charge in [0.1, 0.15) is 5.75 Å². The predicted octanol–water partition coefficient (Wildman–Crippen LogP) is 2.35. The Balaban J connectivity index is 1.91. The summed E-state index contributed by atoms with van der Waals surface area (Å²) in [6.45, 7) is 0.826. The third-order valence-electron chi connectivity index (χ3n) is 3.20. The van der Waals surface area contributed by atoms with E-state index < -0.39 is 0 Å². The van der Waals surface area contributed by atoms with Crippen LogP contribution in [0, 0.1) is 0 Å². The molecule has 3 rings (SSSR count). The van der Waals surface area contributed by atoms with E-state index in [0.29, 0.717) is 13.1 Å². The van der Waals surface area contributed by atoms with Gasteiger partial charge in [-0.3, -0.25) is 4.79 Å². The van der Waals surface area contributed by atoms with Crippen LogP contribution < -0.4 is 10.2 Å². The van der Waals surface area contributed by atoms with Crippen LogP contribution in [0.3, 0.4) is 0 Å². The van der Waals surface area contributed by atoms with Crippen molar-refractivity contribution in [3.05, 3.63) is 54.1 Å². The highest BCUT2D eigenvalue weighted by atomic mass is 16.3. The molecule has 96 valence electrons. The first-order valence-electron chi connectivity index (χ1n) is 6.15. The van der Waals surface area contributed by atoms with Gasteiger partial charge in [-0.1, -0.05) is 24.3 Å². The van der Waals surface area contributed by atoms with E-state index in [1.807, 2.05) is 36.4 Å². The van der Waals surface area contributed by atoms with Crippen LogP contribution >= 0.6 is 0 Å². The summed E-state index contributed by atoms with van der Waals surface area (Å²) in [5, 5.41) is 12.4. The molecule has 0 unspecified atom stereocenters. The molecule has 2 aromatic carbocycles. The molecule has 1 aliphatic heterocycles. The van der Waals surface area contributed by atoms with Crippen molar-refractivity contribution >= 4 is 17.3 Å². The van der Waals surface area contributed by atoms with Crippen LogP contribution in [0.1, 0.15) is 5.56 Å². The fraction of sp³-hybridized carbons (Fsp3) is 0.133. The Hall–Kier alpha value is -2.49. The van der Waals surface area contributed by atoms with Gasteiger partial charge in [-0.2, -0.15) is 0 Å². The summed E-state index contributed by atoms with van der Waals surface area (Å²) in [4.78, 5) is 13.8. The highest BCUT2D eigenvalue weighted by molar-refractivity contribution is 6.02. The second kappa shape index (κ2) is 4.65. The van der Waals surface area contributed by atoms with E-state index in [1.165, 1.54) is 0 Å². The molecule has 1 amide bonds. The van der Waals surface area contributed by atoms with Crippen molar-refractivity contribution in [3.63, 3.8) is 0 Å². The Bertz CT molecular complexity index is 608. The number of hydrogen-bond acceptors (Lipinski definition) is 3. The van der Waals surface area contributed by atoms with Crippen molar-refractivity contribution in [2.45, 2.75) is 6.54 Å². The molecule has 4 nitrogen and oxygen atoms in total. The maximum absolute atomic E-state index is 12.0. The van der Waals surface area contributed by atoms with Crippen molar-refractivity contribution in [1.29, 1.82) is 0 Å². The smallest absolute Gasteiger partial charge is 0.246 e. The minimum absolute atomic E-state index is 0.0479. The second-order valence-electron chi connectivity index (χ2n) is 4.52. The van der Waals surface area contributed by atoms with E-state index in [4.69, 9.17) is 0 Å². The van der Waals surface area contributed by atoms with Crippen molar-refractivity contribution in [2.24, 2.45) is 0 Å². The lowest BCUT2D eigenvalue weighted by Crippen LogP contribution is -2.39. The summed E-state index contributed by atoms with van der Waals surface area (Å²) in [5.74, 6) is 0.280. The van der Waals surface area contributed by atoms with Gasteiger partial charge in [0.15, 0.2) is 0 Å². The lowest BCUT2D eigenvalue weighted by molar-refractivity contribution is -0.117. The number of benzene rings is 2. The van der Waals surface area contributed by atoms with E-state index in [0.717, 1.165) is 16.9 Å². The van der Waals surface area contributed by atoms with Crippen LogP contribution in [0.4, 0.5) is 11.4 Å². The molecule has 0 saturated heterocycles. The number of phenolic OH excluding ortho intramolecular Hbond substituents is 1. The topological polar surface area (TPSA) is 52.6 Å². The van der Waals surface area contributed by atoms with Gasteiger partial charge in [0, 0.05) is 0 Å². The number of nitrogens with zero attached hydrogens (tertiary/aromatic N) is 1. The number of hydrogen-bond donors (Lipinski definition) is 2. The minimum Gasteiger partial charge on any atom is -0.508 e. The average Bonchev–Trinajstić information content (AvgIpc) is 2.44. The molecule has 0 fully saturated rings. The van der Waals surface area contributed by atoms with Crippen molar-refractivity contribution in [3.8, 4) is 5.75 Å². The van der Waals surface area contributed by atoms with Crippen LogP contribution in [-0.2, 0) is 11.3 Å². The summed E-state index contributed by atoms with van der Waals surface area (Å²) in [5.41, 5.74) is 2.86. The van der Waals surface area contributed by atoms with E-state index >= 15 is 0 Å². The molecule has 0 spiro atoms. The average molecular weight is 254 g/mol. The van der Waals surface area contributed by atoms with Crippen LogP contribution in [0.2, 0.25) is 0 Å². The van der Waals surface area contributed by atoms with Crippen molar-refractivity contribution < 1.29 is 9.90 Å². The predicted molar refractivity (Wildman–Crippen MR) is 74.2 cm³/mol. The Labute approximate surface area is 111 Å². The quantitative estimate of drug-likeness (QED) is 0.865. The molecule has 0 atom stereocenters. The summed E-state index contributed by atoms with van der Waals surface area (Å²) in [6, 6.07) is 14.7. The van der Waals surface area contributed by atoms with Gasteiger partial charge in [0.05, 0.1) is 24.5 Å². The number of phenols is 1. The summed E-state index contributed by atoms with van der Waals surface area (Å²) < 4.78 is 0. The summed E-state index contributed by atoms with van der Waals surface area (Å²) in [7, 11) is 0. The fourth-order valence-corrected chi connectivity index (χ4v) is 2.22. The zero-order valence-electron chi connectivity index (χ0n) is 10.3. The molecule has 0 radical (unpaired) electrons. The number of carbonyl (C=O) groups is 1. The summed E-state index contributed by atoms with van der Waals surface area (Å²) in [6.07, 6.45) is 0. The zero-order valence-corrected chi connectivity index (χ0v) is 10.3. The normalized spacial score (nSPS) is 13.9. The largest absolute Gasteiger partial charge is 0.508 e. The first kappa shape index (κ1) is 11.6. The molecular formula is C15H14N2O2. The lowest BCUT2D eigenvalue weighted by atomic mass is 10.1. The third kappa shape index (κ3) is 2.25. The molecular weight excluding hydrogens is 240 g/mol. The van der Waals surface area contributed by atoms with E-state index in [9.17, 15) is 9.90 Å². The van der Waals surface area contributed by atoms with Gasteiger partial charge in [0.2, 0.25) is 5.91 Å². The number of carbonyl (C=O) groups excluding carboxylic acids is 1. The van der Waals surface area contributed by atoms with Gasteiger partial charge in [-0.05, 0) is 29.8 Å². The Morgan fingerprint density at radius 1 is 1.11 bits per heavy atom. The molecule has 4 heteroatoms. The van der Waals surface area contributed by atoms with E-state index in [1.54, 1.807) is 17.0 Å². The molecule has 19 heavy (non-hydrogen) atoms. The lowest BCUT2D eigenvalue weighted by Gasteiger charge is -2.30. The van der Waals surface area contributed by atoms with E-state index in [2.05, 4.69) is 5.32 Å². The standard InChI is InChI=1S/C15H14N2O2/c18-12-7-5-11(6-8-12)10-17-14-4-2-1-3-13(14)16-9-15(17)19/h1-8,16,18H,9-10H2. The minimum atomic E-state index is 0.0479. The van der Waals surface area contributed by atoms with E-state index in [-0.39, 0.29) is 11.7 Å². The number of aromatic hydroxyl groups is 1. The first-order valence-corrected chi connectivity index (χ1v) is 6.15. The molecule has 2 N–H and O–H groups in total. The van der Waals surface area contributed by atoms with Crippen LogP contribution in [0.5, 0.6) is 5.75 Å². The Morgan fingerprint density at radius 3 is 2.63 bits per heavy atom. The molecule has 1 aliphatic rings. The van der Waals surface area contributed by atoms with Gasteiger partial charge in [-0.15, -0.1) is 0 Å². The van der Waals surface area contributed by atoms with Gasteiger partial charge < -0.3 is 15.3 Å². The Kier molecular flexibility index (Phi) is 2.83. The molecule has 1 heterocycles. The van der Waals surface area contributed by atoms with Crippen LogP contribution in [0.25, 0.3) is 0 Å². The number of amides is 1. The number of rotatable bonds is 2. The SMILES string of the molecule is O=C1CNc2ccccc2N1Cc1ccc(O)cc1. The number of anilines is 2. The van der Waals surface area contributed by atoms with Crippen LogP contribution in [0.15, 0.2) is 48.5 Å². The van der Waals surface area contributed by atoms with Crippen LogP contribution in [-0.4, -0.2) is 17.6 Å². The van der Waals surface area contributed by atoms with Gasteiger partial charge >= 0.3 is 0 Å². The van der Waals surface area contributed by atoms with Gasteiger partial charge in [0.25, 0.3) is 0 Å². The molecule has 0 bridgehead atoms. The summed E-state index contributed by atoms with van der Waals surface area (Å²) >= 11 is 0. The second-order valence-corrected chi connectivity index (χ2v) is 4.52. The van der Waals surface area contributed by atoms with Gasteiger partial charge in [-0.25, -0.2) is 0 Å². The Morgan fingerprint density at radius 2 is 1.84 bits per heavy atom. The highest BCUT2D eigenvalue weighted by Gasteiger charge is 2.23. The zero-order chi connectivity index (χ0) is 13.2. The molecule has 0 aromatic heterocycles. The molecule has 0 aliphatic carbocycles. The first-order chi connectivity index (χ1) is 9.24. The van der Waals surface area contributed by atoms with Crippen molar-refractivity contribution in [2.75, 3.05) is 16.8 Å². The maximum Gasteiger partial charge on any atom is 0.246 e. The monoisotopic (exact) mass is 254 g/mol. The number of nitrogens with one attached hydrogen (secondary N) is 1. The highest BCUT2D eigenvalue weighted by Crippen LogP contribution is 2.30. The number of fused-ring (bicyclic) bond motifs is 1. The molecule has 2 aromatic rings. The molecule has 0 saturated carbocycles. The van der Waals surface area contributed by atoms with Crippen molar-refractivity contribution in [1.82, 2.24) is 0 Å². The maximum atomic E-state index is 12.0. The number of para-hydroxylation sites is 2.